The third kappa shape index (κ3) is 3.96. The molecule has 0 aromatic heterocycles. The molecule has 4 rings (SSSR count). The van der Waals surface area contributed by atoms with Crippen LogP contribution in [-0.4, -0.2) is 30.1 Å². The van der Waals surface area contributed by atoms with Crippen molar-refractivity contribution in [3.8, 4) is 11.5 Å². The number of rotatable bonds is 6. The summed E-state index contributed by atoms with van der Waals surface area (Å²) in [6, 6.07) is 8.19. The van der Waals surface area contributed by atoms with Crippen molar-refractivity contribution < 1.29 is 28.7 Å². The van der Waals surface area contributed by atoms with Crippen LogP contribution in [0.25, 0.3) is 6.08 Å². The summed E-state index contributed by atoms with van der Waals surface area (Å²) in [7, 11) is 0. The van der Waals surface area contributed by atoms with E-state index in [1.54, 1.807) is 6.07 Å². The SMILES string of the molecule is O=C(/C=C/c1cc2c(cc1[N+](=O)[O-])OCO2)OCC(=O)c1ccc2c(c1)CCC2. The largest absolute Gasteiger partial charge is 0.454 e. The maximum absolute atomic E-state index is 12.3. The van der Waals surface area contributed by atoms with E-state index >= 15 is 0 Å². The van der Waals surface area contributed by atoms with Gasteiger partial charge in [0, 0.05) is 11.6 Å². The van der Waals surface area contributed by atoms with Gasteiger partial charge in [-0.15, -0.1) is 0 Å². The molecule has 0 saturated heterocycles. The minimum absolute atomic E-state index is 0.0213. The molecule has 8 nitrogen and oxygen atoms in total. The van der Waals surface area contributed by atoms with E-state index in [0.29, 0.717) is 11.3 Å². The van der Waals surface area contributed by atoms with Gasteiger partial charge in [0.1, 0.15) is 0 Å². The van der Waals surface area contributed by atoms with Gasteiger partial charge in [0.15, 0.2) is 23.9 Å². The molecule has 0 atom stereocenters. The lowest BCUT2D eigenvalue weighted by Gasteiger charge is -2.05. The van der Waals surface area contributed by atoms with E-state index < -0.39 is 17.5 Å². The number of hydrogen-bond donors (Lipinski definition) is 0. The third-order valence-corrected chi connectivity index (χ3v) is 4.88. The van der Waals surface area contributed by atoms with E-state index in [9.17, 15) is 19.7 Å². The van der Waals surface area contributed by atoms with Crippen molar-refractivity contribution in [2.75, 3.05) is 13.4 Å². The van der Waals surface area contributed by atoms with Gasteiger partial charge in [-0.1, -0.05) is 12.1 Å². The van der Waals surface area contributed by atoms with Crippen molar-refractivity contribution in [3.63, 3.8) is 0 Å². The Morgan fingerprint density at radius 2 is 1.86 bits per heavy atom. The van der Waals surface area contributed by atoms with Gasteiger partial charge >= 0.3 is 5.97 Å². The van der Waals surface area contributed by atoms with Gasteiger partial charge in [-0.25, -0.2) is 4.79 Å². The Kier molecular flexibility index (Phi) is 4.99. The van der Waals surface area contributed by atoms with E-state index in [0.717, 1.165) is 30.9 Å². The van der Waals surface area contributed by atoms with Gasteiger partial charge in [0.25, 0.3) is 5.69 Å². The summed E-state index contributed by atoms with van der Waals surface area (Å²) in [5.41, 5.74) is 2.87. The van der Waals surface area contributed by atoms with Crippen LogP contribution in [0.4, 0.5) is 5.69 Å². The standard InChI is InChI=1S/C21H17NO7/c23-18(16-5-4-13-2-1-3-14(13)8-16)11-27-21(24)7-6-15-9-19-20(29-12-28-19)10-17(15)22(25)26/h4-10H,1-3,11-12H2/b7-6+. The van der Waals surface area contributed by atoms with Crippen molar-refractivity contribution >= 4 is 23.5 Å². The molecule has 1 aliphatic carbocycles. The van der Waals surface area contributed by atoms with Crippen LogP contribution in [0.3, 0.4) is 0 Å². The minimum Gasteiger partial charge on any atom is -0.454 e. The van der Waals surface area contributed by atoms with Crippen LogP contribution >= 0.6 is 0 Å². The van der Waals surface area contributed by atoms with Gasteiger partial charge in [-0.2, -0.15) is 0 Å². The summed E-state index contributed by atoms with van der Waals surface area (Å²) in [5.74, 6) is -0.436. The smallest absolute Gasteiger partial charge is 0.331 e. The maximum Gasteiger partial charge on any atom is 0.331 e. The van der Waals surface area contributed by atoms with Gasteiger partial charge in [-0.05, 0) is 48.6 Å². The summed E-state index contributed by atoms with van der Waals surface area (Å²) in [4.78, 5) is 34.9. The van der Waals surface area contributed by atoms with Crippen molar-refractivity contribution in [3.05, 3.63) is 68.8 Å². The predicted octanol–water partition coefficient (Wildman–Crippen LogP) is 3.25. The highest BCUT2D eigenvalue weighted by Gasteiger charge is 2.22. The van der Waals surface area contributed by atoms with E-state index in [-0.39, 0.29) is 29.6 Å². The first-order valence-corrected chi connectivity index (χ1v) is 9.09. The summed E-state index contributed by atoms with van der Waals surface area (Å²) >= 11 is 0. The quantitative estimate of drug-likeness (QED) is 0.243. The number of Topliss-reactive ketones (excluding diaryl/α,β-unsaturated/α-hetero) is 1. The van der Waals surface area contributed by atoms with Gasteiger partial charge in [0.05, 0.1) is 16.6 Å². The second kappa shape index (κ2) is 7.75. The van der Waals surface area contributed by atoms with Crippen LogP contribution < -0.4 is 9.47 Å². The van der Waals surface area contributed by atoms with Crippen molar-refractivity contribution in [1.29, 1.82) is 0 Å². The molecule has 2 aromatic rings. The first kappa shape index (κ1) is 18.7. The fourth-order valence-electron chi connectivity index (χ4n) is 3.41. The average Bonchev–Trinajstić information content (AvgIpc) is 3.37. The molecule has 1 heterocycles. The number of esters is 1. The molecule has 2 aliphatic rings. The predicted molar refractivity (Wildman–Crippen MR) is 102 cm³/mol. The summed E-state index contributed by atoms with van der Waals surface area (Å²) in [6.07, 6.45) is 5.35. The molecule has 0 radical (unpaired) electrons. The Bertz CT molecular complexity index is 1040. The van der Waals surface area contributed by atoms with Crippen molar-refractivity contribution in [2.24, 2.45) is 0 Å². The number of nitro benzene ring substituents is 1. The highest BCUT2D eigenvalue weighted by molar-refractivity contribution is 5.99. The molecular formula is C21H17NO7. The normalized spacial score (nSPS) is 14.1. The van der Waals surface area contributed by atoms with Crippen LogP contribution in [0.1, 0.15) is 33.5 Å². The number of carbonyl (C=O) groups is 2. The van der Waals surface area contributed by atoms with E-state index in [1.165, 1.54) is 23.8 Å². The maximum atomic E-state index is 12.3. The number of fused-ring (bicyclic) bond motifs is 2. The summed E-state index contributed by atoms with van der Waals surface area (Å²) in [6.45, 7) is -0.419. The molecule has 1 aliphatic heterocycles. The lowest BCUT2D eigenvalue weighted by molar-refractivity contribution is -0.385. The van der Waals surface area contributed by atoms with Crippen molar-refractivity contribution in [1.82, 2.24) is 0 Å². The third-order valence-electron chi connectivity index (χ3n) is 4.88. The molecule has 0 unspecified atom stereocenters. The molecule has 0 fully saturated rings. The molecule has 0 amide bonds. The van der Waals surface area contributed by atoms with E-state index in [4.69, 9.17) is 14.2 Å². The zero-order valence-electron chi connectivity index (χ0n) is 15.4. The van der Waals surface area contributed by atoms with Crippen LogP contribution in [0.2, 0.25) is 0 Å². The number of ketones is 1. The number of nitro groups is 1. The molecule has 0 bridgehead atoms. The molecule has 29 heavy (non-hydrogen) atoms. The van der Waals surface area contributed by atoms with E-state index in [1.807, 2.05) is 12.1 Å². The highest BCUT2D eigenvalue weighted by atomic mass is 16.7. The monoisotopic (exact) mass is 395 g/mol. The fourth-order valence-corrected chi connectivity index (χ4v) is 3.41. The first-order chi connectivity index (χ1) is 14.0. The average molecular weight is 395 g/mol. The molecule has 8 heteroatoms. The molecule has 0 saturated carbocycles. The number of nitrogens with zero attached hydrogens (tertiary/aromatic N) is 1. The molecule has 0 spiro atoms. The number of carbonyl (C=O) groups excluding carboxylic acids is 2. The lowest BCUT2D eigenvalue weighted by Crippen LogP contribution is -2.12. The summed E-state index contributed by atoms with van der Waals surface area (Å²) < 4.78 is 15.3. The first-order valence-electron chi connectivity index (χ1n) is 9.09. The second-order valence-electron chi connectivity index (χ2n) is 6.72. The van der Waals surface area contributed by atoms with Gasteiger partial charge < -0.3 is 14.2 Å². The number of aryl methyl sites for hydroxylation is 2. The topological polar surface area (TPSA) is 105 Å². The zero-order valence-corrected chi connectivity index (χ0v) is 15.4. The van der Waals surface area contributed by atoms with E-state index in [2.05, 4.69) is 0 Å². The molecule has 0 N–H and O–H groups in total. The zero-order chi connectivity index (χ0) is 20.4. The van der Waals surface area contributed by atoms with Crippen LogP contribution in [-0.2, 0) is 22.4 Å². The van der Waals surface area contributed by atoms with Gasteiger partial charge in [0.2, 0.25) is 6.79 Å². The Labute approximate surface area is 165 Å². The Morgan fingerprint density at radius 3 is 2.66 bits per heavy atom. The van der Waals surface area contributed by atoms with Crippen LogP contribution in [0.5, 0.6) is 11.5 Å². The number of benzene rings is 2. The Hall–Kier alpha value is -3.68. The molecular weight excluding hydrogens is 378 g/mol. The Morgan fingerprint density at radius 1 is 1.10 bits per heavy atom. The summed E-state index contributed by atoms with van der Waals surface area (Å²) in [5, 5.41) is 11.2. The van der Waals surface area contributed by atoms with Gasteiger partial charge in [-0.3, -0.25) is 14.9 Å². The number of hydrogen-bond acceptors (Lipinski definition) is 7. The Balaban J connectivity index is 1.40. The molecule has 2 aromatic carbocycles. The lowest BCUT2D eigenvalue weighted by atomic mass is 10.0. The minimum atomic E-state index is -0.772. The fraction of sp³-hybridized carbons (Fsp3) is 0.238. The number of ether oxygens (including phenoxy) is 3. The second-order valence-corrected chi connectivity index (χ2v) is 6.72. The highest BCUT2D eigenvalue weighted by Crippen LogP contribution is 2.38. The van der Waals surface area contributed by atoms with Crippen molar-refractivity contribution in [2.45, 2.75) is 19.3 Å². The van der Waals surface area contributed by atoms with Crippen LogP contribution in [0.15, 0.2) is 36.4 Å². The van der Waals surface area contributed by atoms with Crippen LogP contribution in [0, 0.1) is 10.1 Å². The molecule has 148 valence electrons.